The summed E-state index contributed by atoms with van der Waals surface area (Å²) in [5.41, 5.74) is 6.84. The smallest absolute Gasteiger partial charge is 0.248 e. The number of carbonyl (C=O) groups excluding carboxylic acids is 2. The minimum atomic E-state index is -0.516. The van der Waals surface area contributed by atoms with Crippen LogP contribution in [0.15, 0.2) is 48.5 Å². The molecule has 112 valence electrons. The molecule has 0 radical (unpaired) electrons. The zero-order chi connectivity index (χ0) is 16.1. The summed E-state index contributed by atoms with van der Waals surface area (Å²) in [7, 11) is 0. The summed E-state index contributed by atoms with van der Waals surface area (Å²) in [6.07, 6.45) is 3.00. The molecule has 2 rings (SSSR count). The van der Waals surface area contributed by atoms with Crippen LogP contribution in [0.3, 0.4) is 0 Å². The fourth-order valence-corrected chi connectivity index (χ4v) is 2.00. The van der Waals surface area contributed by atoms with E-state index in [9.17, 15) is 9.59 Å². The van der Waals surface area contributed by atoms with Crippen molar-refractivity contribution in [1.29, 1.82) is 0 Å². The van der Waals surface area contributed by atoms with Gasteiger partial charge in [-0.05, 0) is 48.0 Å². The lowest BCUT2D eigenvalue weighted by molar-refractivity contribution is -0.111. The fourth-order valence-electron chi connectivity index (χ4n) is 1.69. The van der Waals surface area contributed by atoms with Crippen LogP contribution in [0.2, 0.25) is 10.0 Å². The Morgan fingerprint density at radius 3 is 2.27 bits per heavy atom. The molecule has 0 saturated heterocycles. The van der Waals surface area contributed by atoms with Crippen molar-refractivity contribution in [1.82, 2.24) is 0 Å². The van der Waals surface area contributed by atoms with Crippen molar-refractivity contribution in [3.8, 4) is 0 Å². The van der Waals surface area contributed by atoms with Crippen LogP contribution in [-0.2, 0) is 4.79 Å². The van der Waals surface area contributed by atoms with Crippen molar-refractivity contribution < 1.29 is 9.59 Å². The third-order valence-corrected chi connectivity index (χ3v) is 3.55. The quantitative estimate of drug-likeness (QED) is 0.836. The molecular weight excluding hydrogens is 323 g/mol. The molecule has 0 atom stereocenters. The number of hydrogen-bond donors (Lipinski definition) is 2. The Balaban J connectivity index is 2.01. The minimum absolute atomic E-state index is 0.308. The minimum Gasteiger partial charge on any atom is -0.366 e. The van der Waals surface area contributed by atoms with E-state index in [1.807, 2.05) is 0 Å². The SMILES string of the molecule is NC(=O)c1ccc(NC(=O)/C=C/c2ccc(Cl)c(Cl)c2)cc1. The second-order valence-corrected chi connectivity index (χ2v) is 5.25. The van der Waals surface area contributed by atoms with Gasteiger partial charge in [-0.2, -0.15) is 0 Å². The molecule has 0 aliphatic carbocycles. The van der Waals surface area contributed by atoms with Gasteiger partial charge in [0.25, 0.3) is 0 Å². The lowest BCUT2D eigenvalue weighted by Crippen LogP contribution is -2.11. The number of nitrogens with one attached hydrogen (secondary N) is 1. The van der Waals surface area contributed by atoms with Gasteiger partial charge in [0.2, 0.25) is 11.8 Å². The lowest BCUT2D eigenvalue weighted by atomic mass is 10.2. The topological polar surface area (TPSA) is 72.2 Å². The first-order valence-corrected chi connectivity index (χ1v) is 7.05. The molecule has 22 heavy (non-hydrogen) atoms. The third kappa shape index (κ3) is 4.35. The monoisotopic (exact) mass is 334 g/mol. The lowest BCUT2D eigenvalue weighted by Gasteiger charge is -2.03. The normalized spacial score (nSPS) is 10.6. The number of amides is 2. The summed E-state index contributed by atoms with van der Waals surface area (Å²) in [5, 5.41) is 3.55. The van der Waals surface area contributed by atoms with E-state index in [-0.39, 0.29) is 5.91 Å². The maximum atomic E-state index is 11.8. The van der Waals surface area contributed by atoms with E-state index >= 15 is 0 Å². The van der Waals surface area contributed by atoms with Crippen LogP contribution in [0.4, 0.5) is 5.69 Å². The molecule has 0 aromatic heterocycles. The van der Waals surface area contributed by atoms with Crippen LogP contribution in [0, 0.1) is 0 Å². The first-order valence-electron chi connectivity index (χ1n) is 6.29. The maximum Gasteiger partial charge on any atom is 0.248 e. The summed E-state index contributed by atoms with van der Waals surface area (Å²) < 4.78 is 0. The van der Waals surface area contributed by atoms with Crippen molar-refractivity contribution >= 4 is 46.8 Å². The maximum absolute atomic E-state index is 11.8. The van der Waals surface area contributed by atoms with Gasteiger partial charge in [-0.15, -0.1) is 0 Å². The Morgan fingerprint density at radius 2 is 1.68 bits per heavy atom. The van der Waals surface area contributed by atoms with E-state index in [0.29, 0.717) is 21.3 Å². The second-order valence-electron chi connectivity index (χ2n) is 4.44. The van der Waals surface area contributed by atoms with Crippen molar-refractivity contribution in [2.45, 2.75) is 0 Å². The van der Waals surface area contributed by atoms with Gasteiger partial charge in [-0.3, -0.25) is 9.59 Å². The van der Waals surface area contributed by atoms with Crippen molar-refractivity contribution in [3.63, 3.8) is 0 Å². The highest BCUT2D eigenvalue weighted by Gasteiger charge is 2.02. The van der Waals surface area contributed by atoms with Crippen molar-refractivity contribution in [3.05, 3.63) is 69.7 Å². The summed E-state index contributed by atoms with van der Waals surface area (Å²) in [6, 6.07) is 11.4. The number of nitrogens with two attached hydrogens (primary N) is 1. The molecule has 0 unspecified atom stereocenters. The highest BCUT2D eigenvalue weighted by molar-refractivity contribution is 6.42. The Labute approximate surface area is 137 Å². The van der Waals surface area contributed by atoms with E-state index in [4.69, 9.17) is 28.9 Å². The summed E-state index contributed by atoms with van der Waals surface area (Å²) in [5.74, 6) is -0.824. The van der Waals surface area contributed by atoms with Crippen LogP contribution >= 0.6 is 23.2 Å². The Bertz CT molecular complexity index is 740. The Hall–Kier alpha value is -2.30. The van der Waals surface area contributed by atoms with Crippen LogP contribution in [0.1, 0.15) is 15.9 Å². The number of primary amides is 1. The zero-order valence-corrected chi connectivity index (χ0v) is 12.9. The zero-order valence-electron chi connectivity index (χ0n) is 11.3. The van der Waals surface area contributed by atoms with Gasteiger partial charge in [0.1, 0.15) is 0 Å². The van der Waals surface area contributed by atoms with E-state index in [1.165, 1.54) is 6.08 Å². The van der Waals surface area contributed by atoms with Gasteiger partial charge in [0.15, 0.2) is 0 Å². The second kappa shape index (κ2) is 7.11. The van der Waals surface area contributed by atoms with Gasteiger partial charge in [-0.25, -0.2) is 0 Å². The van der Waals surface area contributed by atoms with Crippen LogP contribution in [0.25, 0.3) is 6.08 Å². The molecule has 0 bridgehead atoms. The van der Waals surface area contributed by atoms with Gasteiger partial charge in [-0.1, -0.05) is 29.3 Å². The predicted molar refractivity (Wildman–Crippen MR) is 89.1 cm³/mol. The van der Waals surface area contributed by atoms with Crippen LogP contribution in [-0.4, -0.2) is 11.8 Å². The Kier molecular flexibility index (Phi) is 5.20. The number of benzene rings is 2. The van der Waals surface area contributed by atoms with Crippen LogP contribution in [0.5, 0.6) is 0 Å². The highest BCUT2D eigenvalue weighted by Crippen LogP contribution is 2.23. The number of anilines is 1. The first-order chi connectivity index (χ1) is 10.5. The molecule has 0 aliphatic rings. The molecule has 0 aliphatic heterocycles. The summed E-state index contributed by atoms with van der Waals surface area (Å²) in [4.78, 5) is 22.8. The molecule has 0 saturated carbocycles. The van der Waals surface area contributed by atoms with E-state index in [1.54, 1.807) is 48.5 Å². The molecule has 0 heterocycles. The molecule has 0 spiro atoms. The molecule has 6 heteroatoms. The number of hydrogen-bond acceptors (Lipinski definition) is 2. The summed E-state index contributed by atoms with van der Waals surface area (Å²) >= 11 is 11.7. The van der Waals surface area contributed by atoms with E-state index in [0.717, 1.165) is 5.56 Å². The van der Waals surface area contributed by atoms with Crippen molar-refractivity contribution in [2.75, 3.05) is 5.32 Å². The average Bonchev–Trinajstić information content (AvgIpc) is 2.49. The standard InChI is InChI=1S/C16H12Cl2N2O2/c17-13-7-1-10(9-14(13)18)2-8-15(21)20-12-5-3-11(4-6-12)16(19)22/h1-9H,(H2,19,22)(H,20,21)/b8-2+. The van der Waals surface area contributed by atoms with Gasteiger partial charge < -0.3 is 11.1 Å². The average molecular weight is 335 g/mol. The molecule has 0 fully saturated rings. The molecule has 2 amide bonds. The third-order valence-electron chi connectivity index (χ3n) is 2.81. The number of carbonyl (C=O) groups is 2. The molecule has 2 aromatic carbocycles. The van der Waals surface area contributed by atoms with Gasteiger partial charge >= 0.3 is 0 Å². The molecule has 2 aromatic rings. The summed E-state index contributed by atoms with van der Waals surface area (Å²) in [6.45, 7) is 0. The molecule has 4 nitrogen and oxygen atoms in total. The predicted octanol–water partition coefficient (Wildman–Crippen LogP) is 3.74. The highest BCUT2D eigenvalue weighted by atomic mass is 35.5. The molecular formula is C16H12Cl2N2O2. The largest absolute Gasteiger partial charge is 0.366 e. The molecule has 3 N–H and O–H groups in total. The van der Waals surface area contributed by atoms with Gasteiger partial charge in [0.05, 0.1) is 10.0 Å². The van der Waals surface area contributed by atoms with E-state index in [2.05, 4.69) is 5.32 Å². The number of halogens is 2. The van der Waals surface area contributed by atoms with Gasteiger partial charge in [0, 0.05) is 17.3 Å². The van der Waals surface area contributed by atoms with Crippen molar-refractivity contribution in [2.24, 2.45) is 5.73 Å². The number of rotatable bonds is 4. The Morgan fingerprint density at radius 1 is 1.00 bits per heavy atom. The fraction of sp³-hybridized carbons (Fsp3) is 0. The first kappa shape index (κ1) is 16.1. The van der Waals surface area contributed by atoms with Crippen LogP contribution < -0.4 is 11.1 Å². The van der Waals surface area contributed by atoms with E-state index < -0.39 is 5.91 Å².